The van der Waals surface area contributed by atoms with Gasteiger partial charge in [-0.2, -0.15) is 13.2 Å². The third-order valence-electron chi connectivity index (χ3n) is 3.09. The monoisotopic (exact) mass is 288 g/mol. The Kier molecular flexibility index (Phi) is 5.16. The molecular weight excluding hydrogens is 269 g/mol. The van der Waals surface area contributed by atoms with Crippen molar-refractivity contribution < 1.29 is 18.0 Å². The van der Waals surface area contributed by atoms with Gasteiger partial charge >= 0.3 is 6.18 Å². The van der Waals surface area contributed by atoms with Crippen LogP contribution in [0.1, 0.15) is 37.9 Å². The van der Waals surface area contributed by atoms with Gasteiger partial charge in [-0.05, 0) is 30.5 Å². The van der Waals surface area contributed by atoms with Gasteiger partial charge in [0.15, 0.2) is 0 Å². The number of halogens is 3. The summed E-state index contributed by atoms with van der Waals surface area (Å²) in [7, 11) is 0. The van der Waals surface area contributed by atoms with Gasteiger partial charge in [-0.1, -0.05) is 26.0 Å². The van der Waals surface area contributed by atoms with Gasteiger partial charge in [-0.25, -0.2) is 0 Å². The molecular formula is C14H19F3N2O. The minimum absolute atomic E-state index is 0.0382. The summed E-state index contributed by atoms with van der Waals surface area (Å²) in [5.41, 5.74) is 5.35. The Morgan fingerprint density at radius 2 is 1.85 bits per heavy atom. The zero-order chi connectivity index (χ0) is 15.5. The lowest BCUT2D eigenvalue weighted by molar-refractivity contribution is -0.137. The Hall–Kier alpha value is -1.56. The Morgan fingerprint density at radius 1 is 1.25 bits per heavy atom. The van der Waals surface area contributed by atoms with Crippen LogP contribution in [0.4, 0.5) is 13.2 Å². The number of amides is 1. The van der Waals surface area contributed by atoms with Gasteiger partial charge in [-0.15, -0.1) is 0 Å². The predicted molar refractivity (Wildman–Crippen MR) is 70.8 cm³/mol. The van der Waals surface area contributed by atoms with Crippen LogP contribution in [0.15, 0.2) is 24.3 Å². The van der Waals surface area contributed by atoms with Crippen LogP contribution in [0, 0.1) is 5.92 Å². The molecule has 3 nitrogen and oxygen atoms in total. The van der Waals surface area contributed by atoms with Crippen LogP contribution in [0.25, 0.3) is 0 Å². The number of carbonyl (C=O) groups is 1. The number of hydrogen-bond donors (Lipinski definition) is 2. The first-order valence-electron chi connectivity index (χ1n) is 6.36. The second-order valence-electron chi connectivity index (χ2n) is 5.12. The Morgan fingerprint density at radius 3 is 2.35 bits per heavy atom. The highest BCUT2D eigenvalue weighted by Gasteiger charge is 2.31. The lowest BCUT2D eigenvalue weighted by Gasteiger charge is -2.20. The van der Waals surface area contributed by atoms with Gasteiger partial charge in [0, 0.05) is 0 Å². The number of carbonyl (C=O) groups excluding carboxylic acids is 1. The zero-order valence-corrected chi connectivity index (χ0v) is 11.7. The molecule has 2 unspecified atom stereocenters. The smallest absolute Gasteiger partial charge is 0.348 e. The maximum Gasteiger partial charge on any atom is 0.416 e. The van der Waals surface area contributed by atoms with Crippen LogP contribution >= 0.6 is 0 Å². The van der Waals surface area contributed by atoms with Crippen LogP contribution in [0.5, 0.6) is 0 Å². The molecule has 0 aliphatic carbocycles. The van der Waals surface area contributed by atoms with E-state index < -0.39 is 23.8 Å². The summed E-state index contributed by atoms with van der Waals surface area (Å²) in [5, 5.41) is 2.62. The molecule has 0 saturated heterocycles. The minimum Gasteiger partial charge on any atom is -0.348 e. The highest BCUT2D eigenvalue weighted by molar-refractivity contribution is 5.82. The molecule has 0 aromatic heterocycles. The SMILES string of the molecule is CC(NC(=O)C(N)C(C)C)c1cccc(C(F)(F)F)c1. The number of benzene rings is 1. The van der Waals surface area contributed by atoms with Crippen molar-refractivity contribution >= 4 is 5.91 Å². The van der Waals surface area contributed by atoms with Crippen LogP contribution < -0.4 is 11.1 Å². The highest BCUT2D eigenvalue weighted by atomic mass is 19.4. The Bertz CT molecular complexity index is 472. The standard InChI is InChI=1S/C14H19F3N2O/c1-8(2)12(18)13(20)19-9(3)10-5-4-6-11(7-10)14(15,16)17/h4-9,12H,18H2,1-3H3,(H,19,20). The molecule has 1 amide bonds. The molecule has 2 atom stereocenters. The average molecular weight is 288 g/mol. The van der Waals surface area contributed by atoms with E-state index in [0.29, 0.717) is 5.56 Å². The summed E-state index contributed by atoms with van der Waals surface area (Å²) >= 11 is 0. The Labute approximate surface area is 116 Å². The van der Waals surface area contributed by atoms with E-state index in [9.17, 15) is 18.0 Å². The van der Waals surface area contributed by atoms with Crippen molar-refractivity contribution in [2.75, 3.05) is 0 Å². The number of rotatable bonds is 4. The lowest BCUT2D eigenvalue weighted by atomic mass is 10.0. The molecule has 0 saturated carbocycles. The first-order valence-corrected chi connectivity index (χ1v) is 6.36. The number of nitrogens with one attached hydrogen (secondary N) is 1. The summed E-state index contributed by atoms with van der Waals surface area (Å²) in [6, 6.07) is 3.69. The minimum atomic E-state index is -4.39. The maximum atomic E-state index is 12.6. The molecule has 0 fully saturated rings. The number of hydrogen-bond acceptors (Lipinski definition) is 2. The predicted octanol–water partition coefficient (Wildman–Crippen LogP) is 2.87. The Balaban J connectivity index is 2.83. The highest BCUT2D eigenvalue weighted by Crippen LogP contribution is 2.30. The van der Waals surface area contributed by atoms with Crippen molar-refractivity contribution in [3.05, 3.63) is 35.4 Å². The fraction of sp³-hybridized carbons (Fsp3) is 0.500. The van der Waals surface area contributed by atoms with Gasteiger partial charge in [0.2, 0.25) is 5.91 Å². The van der Waals surface area contributed by atoms with Crippen molar-refractivity contribution in [2.45, 2.75) is 39.0 Å². The quantitative estimate of drug-likeness (QED) is 0.895. The summed E-state index contributed by atoms with van der Waals surface area (Å²) in [4.78, 5) is 11.8. The molecule has 20 heavy (non-hydrogen) atoms. The first-order chi connectivity index (χ1) is 9.12. The van der Waals surface area contributed by atoms with Crippen molar-refractivity contribution in [1.82, 2.24) is 5.32 Å². The van der Waals surface area contributed by atoms with E-state index in [1.807, 2.05) is 0 Å². The van der Waals surface area contributed by atoms with E-state index in [2.05, 4.69) is 5.32 Å². The van der Waals surface area contributed by atoms with Gasteiger partial charge in [0.05, 0.1) is 17.6 Å². The summed E-state index contributed by atoms with van der Waals surface area (Å²) in [6.45, 7) is 5.23. The molecule has 0 bridgehead atoms. The van der Waals surface area contributed by atoms with E-state index in [-0.39, 0.29) is 11.8 Å². The van der Waals surface area contributed by atoms with E-state index in [1.165, 1.54) is 6.07 Å². The topological polar surface area (TPSA) is 55.1 Å². The van der Waals surface area contributed by atoms with Gasteiger partial charge < -0.3 is 11.1 Å². The van der Waals surface area contributed by atoms with Gasteiger partial charge in [-0.3, -0.25) is 4.79 Å². The number of nitrogens with two attached hydrogens (primary N) is 1. The second-order valence-corrected chi connectivity index (χ2v) is 5.12. The van der Waals surface area contributed by atoms with E-state index in [4.69, 9.17) is 5.73 Å². The third-order valence-corrected chi connectivity index (χ3v) is 3.09. The molecule has 112 valence electrons. The summed E-state index contributed by atoms with van der Waals surface area (Å²) in [6.07, 6.45) is -4.39. The molecule has 3 N–H and O–H groups in total. The third kappa shape index (κ3) is 4.23. The normalized spacial score (nSPS) is 15.0. The largest absolute Gasteiger partial charge is 0.416 e. The van der Waals surface area contributed by atoms with Crippen LogP contribution in [0.3, 0.4) is 0 Å². The van der Waals surface area contributed by atoms with Crippen LogP contribution in [0.2, 0.25) is 0 Å². The molecule has 0 radical (unpaired) electrons. The average Bonchev–Trinajstić information content (AvgIpc) is 2.36. The van der Waals surface area contributed by atoms with Crippen molar-refractivity contribution in [3.63, 3.8) is 0 Å². The molecule has 1 rings (SSSR count). The summed E-state index contributed by atoms with van der Waals surface area (Å²) in [5.74, 6) is -0.409. The molecule has 0 aliphatic heterocycles. The zero-order valence-electron chi connectivity index (χ0n) is 11.7. The van der Waals surface area contributed by atoms with E-state index in [1.54, 1.807) is 26.8 Å². The molecule has 0 aliphatic rings. The van der Waals surface area contributed by atoms with Gasteiger partial charge in [0.1, 0.15) is 0 Å². The van der Waals surface area contributed by atoms with Crippen molar-refractivity contribution in [1.29, 1.82) is 0 Å². The fourth-order valence-electron chi connectivity index (χ4n) is 1.68. The van der Waals surface area contributed by atoms with Crippen LogP contribution in [-0.2, 0) is 11.0 Å². The first kappa shape index (κ1) is 16.5. The van der Waals surface area contributed by atoms with Crippen LogP contribution in [-0.4, -0.2) is 11.9 Å². The maximum absolute atomic E-state index is 12.6. The van der Waals surface area contributed by atoms with E-state index >= 15 is 0 Å². The molecule has 0 heterocycles. The fourth-order valence-corrected chi connectivity index (χ4v) is 1.68. The summed E-state index contributed by atoms with van der Waals surface area (Å²) < 4.78 is 37.9. The number of alkyl halides is 3. The lowest BCUT2D eigenvalue weighted by Crippen LogP contribution is -2.44. The molecule has 1 aromatic rings. The van der Waals surface area contributed by atoms with E-state index in [0.717, 1.165) is 12.1 Å². The molecule has 6 heteroatoms. The second kappa shape index (κ2) is 6.26. The molecule has 0 spiro atoms. The van der Waals surface area contributed by atoms with Gasteiger partial charge in [0.25, 0.3) is 0 Å². The molecule has 1 aromatic carbocycles. The van der Waals surface area contributed by atoms with Crippen molar-refractivity contribution in [3.8, 4) is 0 Å². The van der Waals surface area contributed by atoms with Crippen molar-refractivity contribution in [2.24, 2.45) is 11.7 Å².